The highest BCUT2D eigenvalue weighted by molar-refractivity contribution is 6.33. The van der Waals surface area contributed by atoms with Gasteiger partial charge in [0.1, 0.15) is 12.4 Å². The Hall–Kier alpha value is -2.07. The van der Waals surface area contributed by atoms with Gasteiger partial charge in [-0.3, -0.25) is 4.98 Å². The maximum atomic E-state index is 10.8. The molecule has 0 saturated heterocycles. The van der Waals surface area contributed by atoms with Gasteiger partial charge in [0.25, 0.3) is 0 Å². The van der Waals surface area contributed by atoms with E-state index in [0.29, 0.717) is 12.4 Å². The molecule has 1 aromatic carbocycles. The highest BCUT2D eigenvalue weighted by Crippen LogP contribution is 2.19. The van der Waals surface area contributed by atoms with Gasteiger partial charge in [-0.2, -0.15) is 0 Å². The number of hydrogen-bond acceptors (Lipinski definition) is 3. The molecule has 1 aromatic heterocycles. The van der Waals surface area contributed by atoms with Crippen LogP contribution in [-0.2, 0) is 6.61 Å². The second-order valence-electron chi connectivity index (χ2n) is 3.60. The Morgan fingerprint density at radius 1 is 1.39 bits per heavy atom. The number of aromatic nitrogens is 1. The second-order valence-corrected chi connectivity index (χ2v) is 4.00. The Kier molecular flexibility index (Phi) is 3.79. The fourth-order valence-electron chi connectivity index (χ4n) is 1.42. The Balaban J connectivity index is 2.07. The third-order valence-corrected chi connectivity index (χ3v) is 2.62. The van der Waals surface area contributed by atoms with E-state index in [1.165, 1.54) is 6.07 Å². The van der Waals surface area contributed by atoms with Crippen molar-refractivity contribution in [3.63, 3.8) is 0 Å². The van der Waals surface area contributed by atoms with Crippen molar-refractivity contribution >= 4 is 17.6 Å². The fraction of sp³-hybridized carbons (Fsp3) is 0.0769. The van der Waals surface area contributed by atoms with Crippen LogP contribution in [0.2, 0.25) is 5.02 Å². The van der Waals surface area contributed by atoms with Crippen LogP contribution in [0.5, 0.6) is 5.75 Å². The molecule has 2 aromatic rings. The first-order valence-corrected chi connectivity index (χ1v) is 5.59. The molecule has 4 nitrogen and oxygen atoms in total. The normalized spacial score (nSPS) is 10.1. The number of carbonyl (C=O) groups is 1. The van der Waals surface area contributed by atoms with Gasteiger partial charge < -0.3 is 9.84 Å². The van der Waals surface area contributed by atoms with Crippen LogP contribution in [-0.4, -0.2) is 16.1 Å². The molecule has 0 atom stereocenters. The smallest absolute Gasteiger partial charge is 0.337 e. The average molecular weight is 264 g/mol. The van der Waals surface area contributed by atoms with Crippen molar-refractivity contribution < 1.29 is 14.6 Å². The SMILES string of the molecule is O=C(O)c1ccc(COc2cccnc2)cc1Cl. The van der Waals surface area contributed by atoms with Crippen molar-refractivity contribution in [2.75, 3.05) is 0 Å². The number of rotatable bonds is 4. The minimum atomic E-state index is -1.04. The van der Waals surface area contributed by atoms with Crippen molar-refractivity contribution in [2.45, 2.75) is 6.61 Å². The van der Waals surface area contributed by atoms with Crippen LogP contribution >= 0.6 is 11.6 Å². The summed E-state index contributed by atoms with van der Waals surface area (Å²) in [6.45, 7) is 0.311. The molecule has 0 fully saturated rings. The van der Waals surface area contributed by atoms with Crippen molar-refractivity contribution in [1.29, 1.82) is 0 Å². The van der Waals surface area contributed by atoms with Gasteiger partial charge in [-0.05, 0) is 29.8 Å². The van der Waals surface area contributed by atoms with E-state index in [-0.39, 0.29) is 10.6 Å². The zero-order valence-corrected chi connectivity index (χ0v) is 10.1. The number of aromatic carboxylic acids is 1. The molecule has 0 aliphatic carbocycles. The summed E-state index contributed by atoms with van der Waals surface area (Å²) in [4.78, 5) is 14.7. The summed E-state index contributed by atoms with van der Waals surface area (Å²) in [6.07, 6.45) is 3.26. The summed E-state index contributed by atoms with van der Waals surface area (Å²) in [5.74, 6) is -0.393. The van der Waals surface area contributed by atoms with Crippen molar-refractivity contribution in [1.82, 2.24) is 4.98 Å². The molecule has 1 heterocycles. The minimum absolute atomic E-state index is 0.0850. The van der Waals surface area contributed by atoms with Gasteiger partial charge in [-0.25, -0.2) is 4.79 Å². The molecule has 92 valence electrons. The average Bonchev–Trinajstić information content (AvgIpc) is 2.37. The number of carboxylic acid groups (broad SMARTS) is 1. The van der Waals surface area contributed by atoms with E-state index in [9.17, 15) is 4.79 Å². The van der Waals surface area contributed by atoms with E-state index in [2.05, 4.69) is 4.98 Å². The standard InChI is InChI=1S/C13H10ClNO3/c14-12-6-9(3-4-11(12)13(16)17)8-18-10-2-1-5-15-7-10/h1-7H,8H2,(H,16,17). The molecule has 0 unspecified atom stereocenters. The summed E-state index contributed by atoms with van der Waals surface area (Å²) in [5.41, 5.74) is 0.885. The van der Waals surface area contributed by atoms with Crippen LogP contribution in [0.25, 0.3) is 0 Å². The highest BCUT2D eigenvalue weighted by Gasteiger charge is 2.08. The monoisotopic (exact) mass is 263 g/mol. The first-order chi connectivity index (χ1) is 8.66. The van der Waals surface area contributed by atoms with Crippen molar-refractivity contribution in [3.05, 3.63) is 58.9 Å². The van der Waals surface area contributed by atoms with Crippen LogP contribution in [0.15, 0.2) is 42.7 Å². The third-order valence-electron chi connectivity index (χ3n) is 2.30. The lowest BCUT2D eigenvalue weighted by Gasteiger charge is -2.07. The van der Waals surface area contributed by atoms with Gasteiger partial charge >= 0.3 is 5.97 Å². The van der Waals surface area contributed by atoms with Crippen LogP contribution in [0.1, 0.15) is 15.9 Å². The molecule has 0 amide bonds. The minimum Gasteiger partial charge on any atom is -0.487 e. The van der Waals surface area contributed by atoms with E-state index in [4.69, 9.17) is 21.4 Å². The Morgan fingerprint density at radius 3 is 2.83 bits per heavy atom. The third kappa shape index (κ3) is 2.99. The predicted octanol–water partition coefficient (Wildman–Crippen LogP) is 3.01. The van der Waals surface area contributed by atoms with Crippen LogP contribution in [0, 0.1) is 0 Å². The fourth-order valence-corrected chi connectivity index (χ4v) is 1.70. The summed E-state index contributed by atoms with van der Waals surface area (Å²) in [6, 6.07) is 8.29. The second kappa shape index (κ2) is 5.51. The Morgan fingerprint density at radius 2 is 2.22 bits per heavy atom. The largest absolute Gasteiger partial charge is 0.487 e. The number of nitrogens with zero attached hydrogens (tertiary/aromatic N) is 1. The van der Waals surface area contributed by atoms with E-state index < -0.39 is 5.97 Å². The maximum absolute atomic E-state index is 10.8. The molecule has 5 heteroatoms. The summed E-state index contributed by atoms with van der Waals surface area (Å²) in [7, 11) is 0. The quantitative estimate of drug-likeness (QED) is 0.921. The molecule has 0 spiro atoms. The number of ether oxygens (including phenoxy) is 1. The molecule has 18 heavy (non-hydrogen) atoms. The first kappa shape index (κ1) is 12.4. The lowest BCUT2D eigenvalue weighted by molar-refractivity contribution is 0.0697. The number of benzene rings is 1. The Bertz CT molecular complexity index is 557. The van der Waals surface area contributed by atoms with Crippen LogP contribution in [0.3, 0.4) is 0 Å². The molecule has 0 radical (unpaired) electrons. The summed E-state index contributed by atoms with van der Waals surface area (Å²) >= 11 is 5.86. The van der Waals surface area contributed by atoms with E-state index in [0.717, 1.165) is 5.56 Å². The summed E-state index contributed by atoms with van der Waals surface area (Å²) < 4.78 is 5.48. The molecule has 0 bridgehead atoms. The molecule has 0 saturated carbocycles. The van der Waals surface area contributed by atoms with E-state index >= 15 is 0 Å². The van der Waals surface area contributed by atoms with Crippen LogP contribution in [0.4, 0.5) is 0 Å². The first-order valence-electron chi connectivity index (χ1n) is 5.21. The molecule has 2 rings (SSSR count). The number of hydrogen-bond donors (Lipinski definition) is 1. The zero-order chi connectivity index (χ0) is 13.0. The lowest BCUT2D eigenvalue weighted by Crippen LogP contribution is -2.00. The predicted molar refractivity (Wildman–Crippen MR) is 67.0 cm³/mol. The molecular formula is C13H10ClNO3. The molecule has 1 N–H and O–H groups in total. The number of pyridine rings is 1. The zero-order valence-electron chi connectivity index (χ0n) is 9.34. The van der Waals surface area contributed by atoms with Gasteiger partial charge in [0, 0.05) is 6.20 Å². The topological polar surface area (TPSA) is 59.4 Å². The van der Waals surface area contributed by atoms with Crippen molar-refractivity contribution in [2.24, 2.45) is 0 Å². The van der Waals surface area contributed by atoms with Gasteiger partial charge in [0.05, 0.1) is 16.8 Å². The molecule has 0 aliphatic rings. The van der Waals surface area contributed by atoms with Gasteiger partial charge in [-0.15, -0.1) is 0 Å². The number of carboxylic acids is 1. The van der Waals surface area contributed by atoms with Gasteiger partial charge in [0.15, 0.2) is 0 Å². The van der Waals surface area contributed by atoms with Gasteiger partial charge in [-0.1, -0.05) is 17.7 Å². The van der Waals surface area contributed by atoms with E-state index in [1.54, 1.807) is 36.7 Å². The molecular weight excluding hydrogens is 254 g/mol. The molecule has 0 aliphatic heterocycles. The maximum Gasteiger partial charge on any atom is 0.337 e. The van der Waals surface area contributed by atoms with Gasteiger partial charge in [0.2, 0.25) is 0 Å². The highest BCUT2D eigenvalue weighted by atomic mass is 35.5. The van der Waals surface area contributed by atoms with Crippen molar-refractivity contribution in [3.8, 4) is 5.75 Å². The van der Waals surface area contributed by atoms with E-state index in [1.807, 2.05) is 0 Å². The summed E-state index contributed by atoms with van der Waals surface area (Å²) in [5, 5.41) is 9.04. The van der Waals surface area contributed by atoms with Crippen LogP contribution < -0.4 is 4.74 Å². The lowest BCUT2D eigenvalue weighted by atomic mass is 10.1. The number of halogens is 1. The Labute approximate surface area is 109 Å².